The van der Waals surface area contributed by atoms with E-state index < -0.39 is 0 Å². The summed E-state index contributed by atoms with van der Waals surface area (Å²) in [4.78, 5) is 0. The first-order chi connectivity index (χ1) is 9.23. The highest BCUT2D eigenvalue weighted by molar-refractivity contribution is 7.93. The molecule has 3 nitrogen and oxygen atoms in total. The van der Waals surface area contributed by atoms with E-state index in [9.17, 15) is 3.89 Å². The standard InChI is InChI=1S/C13H13N3.CH3FS/c1-3-4-5-13(16-15-2)12-8-6-11(10-14)7-9-12;1-3-2/h3-9,15H,1H2,2H3;1H3/b5-4+,16-13+;. The van der Waals surface area contributed by atoms with E-state index in [1.54, 1.807) is 25.3 Å². The molecule has 0 bridgehead atoms. The molecular weight excluding hydrogens is 261 g/mol. The molecule has 5 heteroatoms. The first-order valence-corrected chi connectivity index (χ1v) is 6.54. The smallest absolute Gasteiger partial charge is 0.0991 e. The number of nitrogens with zero attached hydrogens (tertiary/aromatic N) is 2. The second-order valence-electron chi connectivity index (χ2n) is 3.16. The van der Waals surface area contributed by atoms with Gasteiger partial charge in [0, 0.05) is 31.0 Å². The first-order valence-electron chi connectivity index (χ1n) is 5.42. The Bertz CT molecular complexity index is 472. The van der Waals surface area contributed by atoms with E-state index >= 15 is 0 Å². The number of rotatable bonds is 4. The Balaban J connectivity index is 0.000000982. The Morgan fingerprint density at radius 2 is 2.05 bits per heavy atom. The zero-order valence-corrected chi connectivity index (χ0v) is 11.7. The van der Waals surface area contributed by atoms with Crippen molar-refractivity contribution >= 4 is 17.9 Å². The lowest BCUT2D eigenvalue weighted by atomic mass is 10.1. The fraction of sp³-hybridized carbons (Fsp3) is 0.143. The van der Waals surface area contributed by atoms with Crippen LogP contribution in [0.25, 0.3) is 0 Å². The lowest BCUT2D eigenvalue weighted by Crippen LogP contribution is -2.04. The number of nitrogens with one attached hydrogen (secondary N) is 1. The predicted octanol–water partition coefficient (Wildman–Crippen LogP) is 3.46. The summed E-state index contributed by atoms with van der Waals surface area (Å²) in [5.74, 6) is 0. The molecule has 1 aromatic rings. The maximum atomic E-state index is 10.2. The summed E-state index contributed by atoms with van der Waals surface area (Å²) in [5, 5.41) is 12.8. The van der Waals surface area contributed by atoms with Gasteiger partial charge in [-0.3, -0.25) is 0 Å². The van der Waals surface area contributed by atoms with Crippen molar-refractivity contribution in [2.24, 2.45) is 5.10 Å². The van der Waals surface area contributed by atoms with Crippen LogP contribution in [0.3, 0.4) is 0 Å². The van der Waals surface area contributed by atoms with Gasteiger partial charge >= 0.3 is 0 Å². The van der Waals surface area contributed by atoms with Crippen molar-refractivity contribution in [3.05, 3.63) is 60.2 Å². The second-order valence-corrected chi connectivity index (χ2v) is 3.47. The van der Waals surface area contributed by atoms with Crippen LogP contribution in [0.5, 0.6) is 0 Å². The molecule has 0 saturated heterocycles. The number of hydrogen-bond donors (Lipinski definition) is 1. The zero-order valence-electron chi connectivity index (χ0n) is 10.9. The minimum absolute atomic E-state index is 0.250. The molecule has 100 valence electrons. The normalized spacial score (nSPS) is 10.3. The van der Waals surface area contributed by atoms with Crippen LogP contribution >= 0.6 is 12.1 Å². The summed E-state index contributed by atoms with van der Waals surface area (Å²) in [5.41, 5.74) is 5.13. The summed E-state index contributed by atoms with van der Waals surface area (Å²) in [6.07, 6.45) is 6.73. The number of nitriles is 1. The van der Waals surface area contributed by atoms with E-state index in [0.717, 1.165) is 11.3 Å². The molecule has 1 aromatic carbocycles. The Morgan fingerprint density at radius 3 is 2.47 bits per heavy atom. The Labute approximate surface area is 117 Å². The molecule has 0 aliphatic carbocycles. The molecule has 0 heterocycles. The van der Waals surface area contributed by atoms with Crippen molar-refractivity contribution in [2.45, 2.75) is 0 Å². The zero-order chi connectivity index (χ0) is 14.5. The fourth-order valence-electron chi connectivity index (χ4n) is 1.19. The third-order valence-corrected chi connectivity index (χ3v) is 1.93. The molecule has 0 aliphatic heterocycles. The Morgan fingerprint density at radius 1 is 1.47 bits per heavy atom. The third kappa shape index (κ3) is 7.06. The molecule has 0 spiro atoms. The third-order valence-electron chi connectivity index (χ3n) is 1.93. The van der Waals surface area contributed by atoms with Gasteiger partial charge in [-0.05, 0) is 18.2 Å². The average Bonchev–Trinajstić information content (AvgIpc) is 2.44. The summed E-state index contributed by atoms with van der Waals surface area (Å²) >= 11 is 0.250. The van der Waals surface area contributed by atoms with Crippen LogP contribution in [0.15, 0.2) is 54.2 Å². The molecule has 0 saturated carbocycles. The minimum Gasteiger partial charge on any atom is -0.313 e. The lowest BCUT2D eigenvalue weighted by molar-refractivity contribution is 0.903. The first kappa shape index (κ1) is 16.9. The average molecular weight is 277 g/mol. The van der Waals surface area contributed by atoms with Crippen LogP contribution in [0.1, 0.15) is 11.1 Å². The molecule has 0 amide bonds. The van der Waals surface area contributed by atoms with E-state index in [1.807, 2.05) is 24.3 Å². The van der Waals surface area contributed by atoms with Gasteiger partial charge in [-0.25, -0.2) is 0 Å². The highest BCUT2D eigenvalue weighted by atomic mass is 32.2. The molecule has 0 fully saturated rings. The molecule has 0 aliphatic rings. The Kier molecular flexibility index (Phi) is 9.86. The SMILES string of the molecule is C=C/C=C/C(=N\NC)c1ccc(C#N)cc1.CSF. The van der Waals surface area contributed by atoms with E-state index in [0.29, 0.717) is 5.56 Å². The molecule has 1 rings (SSSR count). The van der Waals surface area contributed by atoms with Gasteiger partial charge in [0.2, 0.25) is 0 Å². The van der Waals surface area contributed by atoms with Crippen LogP contribution in [-0.2, 0) is 0 Å². The van der Waals surface area contributed by atoms with Crippen LogP contribution < -0.4 is 5.43 Å². The molecular formula is C14H16FN3S. The molecule has 0 aromatic heterocycles. The molecule has 19 heavy (non-hydrogen) atoms. The lowest BCUT2D eigenvalue weighted by Gasteiger charge is -2.01. The monoisotopic (exact) mass is 277 g/mol. The number of hydrazone groups is 1. The highest BCUT2D eigenvalue weighted by Crippen LogP contribution is 2.05. The van der Waals surface area contributed by atoms with Gasteiger partial charge in [0.05, 0.1) is 17.3 Å². The summed E-state index contributed by atoms with van der Waals surface area (Å²) < 4.78 is 10.2. The Hall–Kier alpha value is -2.06. The van der Waals surface area contributed by atoms with Crippen LogP contribution in [0, 0.1) is 11.3 Å². The maximum Gasteiger partial charge on any atom is 0.0991 e. The minimum atomic E-state index is 0.250. The fourth-order valence-corrected chi connectivity index (χ4v) is 1.19. The van der Waals surface area contributed by atoms with Gasteiger partial charge in [-0.15, -0.1) is 0 Å². The molecule has 0 unspecified atom stereocenters. The van der Waals surface area contributed by atoms with Crippen LogP contribution in [-0.4, -0.2) is 19.0 Å². The topological polar surface area (TPSA) is 48.2 Å². The number of hydrogen-bond acceptors (Lipinski definition) is 4. The highest BCUT2D eigenvalue weighted by Gasteiger charge is 1.99. The predicted molar refractivity (Wildman–Crippen MR) is 80.7 cm³/mol. The maximum absolute atomic E-state index is 10.2. The van der Waals surface area contributed by atoms with Crippen LogP contribution in [0.4, 0.5) is 3.89 Å². The van der Waals surface area contributed by atoms with E-state index in [2.05, 4.69) is 23.2 Å². The molecule has 1 N–H and O–H groups in total. The quantitative estimate of drug-likeness (QED) is 0.521. The van der Waals surface area contributed by atoms with Gasteiger partial charge in [0.25, 0.3) is 0 Å². The van der Waals surface area contributed by atoms with Crippen molar-refractivity contribution in [1.82, 2.24) is 5.43 Å². The number of halogens is 1. The second kappa shape index (κ2) is 11.1. The van der Waals surface area contributed by atoms with Crippen LogP contribution in [0.2, 0.25) is 0 Å². The molecule has 0 radical (unpaired) electrons. The van der Waals surface area contributed by atoms with Crippen molar-refractivity contribution in [1.29, 1.82) is 5.26 Å². The van der Waals surface area contributed by atoms with Gasteiger partial charge in [0.1, 0.15) is 0 Å². The van der Waals surface area contributed by atoms with Gasteiger partial charge in [-0.2, -0.15) is 14.2 Å². The summed E-state index contributed by atoms with van der Waals surface area (Å²) in [7, 11) is 1.74. The van der Waals surface area contributed by atoms with Gasteiger partial charge in [0.15, 0.2) is 0 Å². The number of allylic oxidation sites excluding steroid dienone is 3. The summed E-state index contributed by atoms with van der Waals surface area (Å²) in [6.45, 7) is 3.61. The van der Waals surface area contributed by atoms with Gasteiger partial charge < -0.3 is 5.43 Å². The van der Waals surface area contributed by atoms with Crippen molar-refractivity contribution in [3.63, 3.8) is 0 Å². The van der Waals surface area contributed by atoms with Crippen molar-refractivity contribution < 1.29 is 3.89 Å². The molecule has 0 atom stereocenters. The summed E-state index contributed by atoms with van der Waals surface area (Å²) in [6, 6.07) is 9.34. The van der Waals surface area contributed by atoms with Crippen molar-refractivity contribution in [2.75, 3.05) is 13.3 Å². The van der Waals surface area contributed by atoms with E-state index in [4.69, 9.17) is 5.26 Å². The largest absolute Gasteiger partial charge is 0.313 e. The number of benzene rings is 1. The van der Waals surface area contributed by atoms with E-state index in [-0.39, 0.29) is 12.1 Å². The van der Waals surface area contributed by atoms with Gasteiger partial charge in [-0.1, -0.05) is 30.9 Å². The van der Waals surface area contributed by atoms with Crippen molar-refractivity contribution in [3.8, 4) is 6.07 Å². The van der Waals surface area contributed by atoms with E-state index in [1.165, 1.54) is 6.26 Å².